The topological polar surface area (TPSA) is 50.5 Å². The van der Waals surface area contributed by atoms with Crippen molar-refractivity contribution in [1.82, 2.24) is 19.5 Å². The van der Waals surface area contributed by atoms with Crippen molar-refractivity contribution in [1.29, 1.82) is 0 Å². The number of aryl methyl sites for hydroxylation is 1. The number of fused-ring (bicyclic) bond motifs is 1. The average molecular weight is 362 g/mol. The number of carbonyl (C=O) groups is 1. The van der Waals surface area contributed by atoms with Crippen LogP contribution in [0.25, 0.3) is 16.8 Å². The molecule has 1 aliphatic heterocycles. The van der Waals surface area contributed by atoms with Crippen LogP contribution in [-0.2, 0) is 0 Å². The molecule has 1 fully saturated rings. The number of likely N-dealkylation sites (tertiary alicyclic amines) is 1. The van der Waals surface area contributed by atoms with Gasteiger partial charge in [0.15, 0.2) is 5.65 Å². The number of hydrogen-bond donors (Lipinski definition) is 0. The third-order valence-corrected chi connectivity index (χ3v) is 5.34. The molecule has 1 saturated heterocycles. The van der Waals surface area contributed by atoms with Gasteiger partial charge in [0.25, 0.3) is 5.91 Å². The molecule has 1 aliphatic rings. The van der Waals surface area contributed by atoms with E-state index in [0.717, 1.165) is 54.1 Å². The van der Waals surface area contributed by atoms with E-state index in [0.29, 0.717) is 5.56 Å². The lowest BCUT2D eigenvalue weighted by Gasteiger charge is -2.27. The second-order valence-corrected chi connectivity index (χ2v) is 7.63. The van der Waals surface area contributed by atoms with E-state index >= 15 is 0 Å². The second kappa shape index (κ2) is 7.14. The normalized spacial score (nSPS) is 14.9. The zero-order valence-electron chi connectivity index (χ0n) is 16.3. The van der Waals surface area contributed by atoms with E-state index in [1.807, 2.05) is 34.5 Å². The van der Waals surface area contributed by atoms with Gasteiger partial charge < -0.3 is 4.90 Å². The summed E-state index contributed by atoms with van der Waals surface area (Å²) in [5, 5.41) is 4.78. The van der Waals surface area contributed by atoms with Crippen LogP contribution in [0.1, 0.15) is 60.8 Å². The van der Waals surface area contributed by atoms with Gasteiger partial charge in [-0.05, 0) is 37.7 Å². The Bertz CT molecular complexity index is 969. The number of hydrogen-bond acceptors (Lipinski definition) is 3. The molecule has 5 nitrogen and oxygen atoms in total. The lowest BCUT2D eigenvalue weighted by Crippen LogP contribution is -2.36. The van der Waals surface area contributed by atoms with Crippen molar-refractivity contribution in [3.05, 3.63) is 53.5 Å². The standard InChI is InChI=1S/C22H26N4O/c1-15(2)20-18(22(27)25-12-8-5-9-13-25)14-23-21-19(16(3)24-26(20)21)17-10-6-4-7-11-17/h4,6-7,10-11,14-15H,5,8-9,12-13H2,1-3H3. The Morgan fingerprint density at radius 3 is 2.44 bits per heavy atom. The second-order valence-electron chi connectivity index (χ2n) is 7.63. The first kappa shape index (κ1) is 17.7. The summed E-state index contributed by atoms with van der Waals surface area (Å²) in [6.07, 6.45) is 5.13. The van der Waals surface area contributed by atoms with Gasteiger partial charge in [-0.3, -0.25) is 4.79 Å². The number of rotatable bonds is 3. The summed E-state index contributed by atoms with van der Waals surface area (Å²) in [6, 6.07) is 10.2. The van der Waals surface area contributed by atoms with Crippen LogP contribution < -0.4 is 0 Å². The maximum atomic E-state index is 13.2. The molecular formula is C22H26N4O. The summed E-state index contributed by atoms with van der Waals surface area (Å²) in [5.41, 5.74) is 5.51. The zero-order chi connectivity index (χ0) is 19.0. The predicted octanol–water partition coefficient (Wildman–Crippen LogP) is 4.45. The fourth-order valence-electron chi connectivity index (χ4n) is 4.04. The first-order valence-electron chi connectivity index (χ1n) is 9.81. The van der Waals surface area contributed by atoms with Crippen molar-refractivity contribution in [3.8, 4) is 11.1 Å². The Labute approximate surface area is 160 Å². The lowest BCUT2D eigenvalue weighted by atomic mass is 10.0. The van der Waals surface area contributed by atoms with Crippen molar-refractivity contribution in [3.63, 3.8) is 0 Å². The summed E-state index contributed by atoms with van der Waals surface area (Å²) in [6.45, 7) is 7.90. The highest BCUT2D eigenvalue weighted by Crippen LogP contribution is 2.30. The van der Waals surface area contributed by atoms with Crippen molar-refractivity contribution in [2.45, 2.75) is 46.0 Å². The first-order chi connectivity index (χ1) is 13.1. The number of carbonyl (C=O) groups excluding carboxylic acids is 1. The van der Waals surface area contributed by atoms with E-state index in [1.54, 1.807) is 6.20 Å². The molecule has 0 N–H and O–H groups in total. The molecule has 2 aromatic heterocycles. The molecule has 1 aromatic carbocycles. The highest BCUT2D eigenvalue weighted by atomic mass is 16.2. The molecule has 140 valence electrons. The quantitative estimate of drug-likeness (QED) is 0.691. The van der Waals surface area contributed by atoms with E-state index < -0.39 is 0 Å². The van der Waals surface area contributed by atoms with E-state index in [2.05, 4.69) is 26.0 Å². The van der Waals surface area contributed by atoms with Crippen LogP contribution >= 0.6 is 0 Å². The molecule has 0 saturated carbocycles. The Morgan fingerprint density at radius 2 is 1.78 bits per heavy atom. The number of aromatic nitrogens is 3. The number of benzene rings is 1. The molecule has 5 heteroatoms. The number of piperidine rings is 1. The van der Waals surface area contributed by atoms with E-state index in [4.69, 9.17) is 10.1 Å². The first-order valence-corrected chi connectivity index (χ1v) is 9.81. The minimum Gasteiger partial charge on any atom is -0.339 e. The Hall–Kier alpha value is -2.69. The van der Waals surface area contributed by atoms with Gasteiger partial charge in [0.1, 0.15) is 0 Å². The Balaban J connectivity index is 1.88. The molecule has 0 bridgehead atoms. The lowest BCUT2D eigenvalue weighted by molar-refractivity contribution is 0.0721. The summed E-state index contributed by atoms with van der Waals surface area (Å²) < 4.78 is 1.89. The average Bonchev–Trinajstić information content (AvgIpc) is 3.03. The Morgan fingerprint density at radius 1 is 1.07 bits per heavy atom. The molecule has 0 radical (unpaired) electrons. The fraction of sp³-hybridized carbons (Fsp3) is 0.409. The highest BCUT2D eigenvalue weighted by molar-refractivity contribution is 5.96. The number of amides is 1. The van der Waals surface area contributed by atoms with Crippen molar-refractivity contribution < 1.29 is 4.79 Å². The van der Waals surface area contributed by atoms with Gasteiger partial charge >= 0.3 is 0 Å². The largest absolute Gasteiger partial charge is 0.339 e. The van der Waals surface area contributed by atoms with Crippen LogP contribution in [0.4, 0.5) is 0 Å². The predicted molar refractivity (Wildman–Crippen MR) is 107 cm³/mol. The monoisotopic (exact) mass is 362 g/mol. The molecule has 4 rings (SSSR count). The van der Waals surface area contributed by atoms with Crippen LogP contribution in [0.15, 0.2) is 36.5 Å². The van der Waals surface area contributed by atoms with Gasteiger partial charge in [-0.25, -0.2) is 9.50 Å². The van der Waals surface area contributed by atoms with Crippen LogP contribution in [0, 0.1) is 6.92 Å². The van der Waals surface area contributed by atoms with Gasteiger partial charge in [-0.2, -0.15) is 5.10 Å². The maximum Gasteiger partial charge on any atom is 0.257 e. The van der Waals surface area contributed by atoms with Crippen LogP contribution in [0.3, 0.4) is 0 Å². The summed E-state index contributed by atoms with van der Waals surface area (Å²) >= 11 is 0. The van der Waals surface area contributed by atoms with Crippen molar-refractivity contribution in [2.75, 3.05) is 13.1 Å². The maximum absolute atomic E-state index is 13.2. The van der Waals surface area contributed by atoms with Gasteiger partial charge in [0.05, 0.1) is 17.0 Å². The molecule has 3 heterocycles. The Kier molecular flexibility index (Phi) is 4.68. The molecule has 3 aromatic rings. The fourth-order valence-corrected chi connectivity index (χ4v) is 4.04. The molecule has 0 aliphatic carbocycles. The molecule has 0 spiro atoms. The van der Waals surface area contributed by atoms with Crippen LogP contribution in [-0.4, -0.2) is 38.5 Å². The van der Waals surface area contributed by atoms with Gasteiger partial charge in [-0.1, -0.05) is 44.2 Å². The zero-order valence-corrected chi connectivity index (χ0v) is 16.3. The number of nitrogens with zero attached hydrogens (tertiary/aromatic N) is 4. The highest BCUT2D eigenvalue weighted by Gasteiger charge is 2.26. The van der Waals surface area contributed by atoms with Crippen LogP contribution in [0.5, 0.6) is 0 Å². The summed E-state index contributed by atoms with van der Waals surface area (Å²) in [7, 11) is 0. The van der Waals surface area contributed by atoms with E-state index in [-0.39, 0.29) is 11.8 Å². The van der Waals surface area contributed by atoms with Gasteiger partial charge in [0.2, 0.25) is 0 Å². The third kappa shape index (κ3) is 3.11. The van der Waals surface area contributed by atoms with Gasteiger partial charge in [-0.15, -0.1) is 0 Å². The minimum absolute atomic E-state index is 0.0854. The molecule has 1 amide bonds. The van der Waals surface area contributed by atoms with E-state index in [1.165, 1.54) is 6.42 Å². The SMILES string of the molecule is Cc1nn2c(C(C)C)c(C(=O)N3CCCCC3)cnc2c1-c1ccccc1. The molecule has 0 unspecified atom stereocenters. The third-order valence-electron chi connectivity index (χ3n) is 5.34. The molecule has 0 atom stereocenters. The molecular weight excluding hydrogens is 336 g/mol. The smallest absolute Gasteiger partial charge is 0.257 e. The van der Waals surface area contributed by atoms with Crippen molar-refractivity contribution >= 4 is 11.6 Å². The van der Waals surface area contributed by atoms with Gasteiger partial charge in [0, 0.05) is 24.8 Å². The van der Waals surface area contributed by atoms with Crippen molar-refractivity contribution in [2.24, 2.45) is 0 Å². The summed E-state index contributed by atoms with van der Waals surface area (Å²) in [5.74, 6) is 0.254. The minimum atomic E-state index is 0.0854. The summed E-state index contributed by atoms with van der Waals surface area (Å²) in [4.78, 5) is 19.8. The van der Waals surface area contributed by atoms with Crippen LogP contribution in [0.2, 0.25) is 0 Å². The van der Waals surface area contributed by atoms with E-state index in [9.17, 15) is 4.79 Å². The molecule has 27 heavy (non-hydrogen) atoms.